The molecule has 0 radical (unpaired) electrons. The van der Waals surface area contributed by atoms with E-state index in [2.05, 4.69) is 15.0 Å². The van der Waals surface area contributed by atoms with Crippen LogP contribution in [0.1, 0.15) is 16.9 Å². The quantitative estimate of drug-likeness (QED) is 0.653. The molecule has 0 saturated carbocycles. The van der Waals surface area contributed by atoms with Gasteiger partial charge >= 0.3 is 5.97 Å². The van der Waals surface area contributed by atoms with E-state index in [4.69, 9.17) is 5.73 Å². The zero-order valence-electron chi connectivity index (χ0n) is 11.4. The predicted molar refractivity (Wildman–Crippen MR) is 75.1 cm³/mol. The van der Waals surface area contributed by atoms with Gasteiger partial charge in [0.1, 0.15) is 11.5 Å². The topological polar surface area (TPSA) is 94.3 Å². The van der Waals surface area contributed by atoms with Gasteiger partial charge in [-0.05, 0) is 18.2 Å². The molecular weight excluding hydrogens is 277 g/mol. The van der Waals surface area contributed by atoms with Crippen LogP contribution < -0.4 is 11.1 Å². The molecule has 2 rings (SSSR count). The number of hydrogen-bond acceptors (Lipinski definition) is 5. The minimum Gasteiger partial charge on any atom is -0.469 e. The molecule has 1 aromatic carbocycles. The number of ether oxygens (including phenoxy) is 1. The van der Waals surface area contributed by atoms with Crippen molar-refractivity contribution in [2.75, 3.05) is 19.4 Å². The minimum absolute atomic E-state index is 0.0451. The fraction of sp³-hybridized carbons (Fsp3) is 0.214. The van der Waals surface area contributed by atoms with E-state index in [1.807, 2.05) is 0 Å². The van der Waals surface area contributed by atoms with Crippen LogP contribution in [0.4, 0.5) is 10.1 Å². The molecule has 0 aliphatic heterocycles. The van der Waals surface area contributed by atoms with Crippen LogP contribution in [0.2, 0.25) is 0 Å². The van der Waals surface area contributed by atoms with E-state index in [0.29, 0.717) is 10.8 Å². The van der Waals surface area contributed by atoms with Crippen molar-refractivity contribution >= 4 is 28.3 Å². The Balaban J connectivity index is 2.25. The number of rotatable bonds is 4. The molecule has 1 amide bonds. The first-order chi connectivity index (χ1) is 10.0. The number of methoxy groups -OCH3 is 1. The number of benzene rings is 1. The van der Waals surface area contributed by atoms with Gasteiger partial charge in [0.05, 0.1) is 13.5 Å². The predicted octanol–water partition coefficient (Wildman–Crippen LogP) is 1.25. The maximum atomic E-state index is 13.4. The van der Waals surface area contributed by atoms with Crippen molar-refractivity contribution in [2.45, 2.75) is 6.42 Å². The second-order valence-corrected chi connectivity index (χ2v) is 4.33. The van der Waals surface area contributed by atoms with E-state index in [-0.39, 0.29) is 24.3 Å². The SMILES string of the molecule is COC(=O)CCNC(=O)c1nccc2c(N)cc(F)cc12. The van der Waals surface area contributed by atoms with Gasteiger partial charge < -0.3 is 15.8 Å². The van der Waals surface area contributed by atoms with Crippen LogP contribution in [0.5, 0.6) is 0 Å². The second-order valence-electron chi connectivity index (χ2n) is 4.33. The third-order valence-corrected chi connectivity index (χ3v) is 2.93. The van der Waals surface area contributed by atoms with Gasteiger partial charge in [0, 0.05) is 29.2 Å². The molecule has 0 unspecified atom stereocenters. The van der Waals surface area contributed by atoms with Crippen LogP contribution in [0, 0.1) is 5.82 Å². The zero-order chi connectivity index (χ0) is 15.4. The summed E-state index contributed by atoms with van der Waals surface area (Å²) in [6.07, 6.45) is 1.47. The Morgan fingerprint density at radius 3 is 2.86 bits per heavy atom. The van der Waals surface area contributed by atoms with Gasteiger partial charge in [0.25, 0.3) is 5.91 Å². The first kappa shape index (κ1) is 14.7. The molecule has 0 atom stereocenters. The molecule has 0 bridgehead atoms. The Bertz CT molecular complexity index is 703. The number of nitrogens with one attached hydrogen (secondary N) is 1. The molecule has 110 valence electrons. The number of amides is 1. The third kappa shape index (κ3) is 3.25. The Morgan fingerprint density at radius 2 is 2.14 bits per heavy atom. The van der Waals surface area contributed by atoms with E-state index < -0.39 is 17.7 Å². The van der Waals surface area contributed by atoms with Crippen molar-refractivity contribution in [1.82, 2.24) is 10.3 Å². The highest BCUT2D eigenvalue weighted by Crippen LogP contribution is 2.24. The Labute approximate surface area is 120 Å². The summed E-state index contributed by atoms with van der Waals surface area (Å²) >= 11 is 0. The van der Waals surface area contributed by atoms with Gasteiger partial charge in [0.2, 0.25) is 0 Å². The van der Waals surface area contributed by atoms with Crippen molar-refractivity contribution in [2.24, 2.45) is 0 Å². The highest BCUT2D eigenvalue weighted by Gasteiger charge is 2.14. The first-order valence-electron chi connectivity index (χ1n) is 6.21. The molecule has 7 heteroatoms. The number of nitrogens with two attached hydrogens (primary N) is 1. The largest absolute Gasteiger partial charge is 0.469 e. The Kier molecular flexibility index (Phi) is 4.32. The lowest BCUT2D eigenvalue weighted by Crippen LogP contribution is -2.27. The summed E-state index contributed by atoms with van der Waals surface area (Å²) in [7, 11) is 1.27. The third-order valence-electron chi connectivity index (χ3n) is 2.93. The van der Waals surface area contributed by atoms with Crippen LogP contribution in [-0.4, -0.2) is 30.5 Å². The number of nitrogens with zero attached hydrogens (tertiary/aromatic N) is 1. The molecule has 0 spiro atoms. The number of halogens is 1. The Hall–Kier alpha value is -2.70. The Morgan fingerprint density at radius 1 is 1.38 bits per heavy atom. The van der Waals surface area contributed by atoms with E-state index in [1.165, 1.54) is 25.4 Å². The number of anilines is 1. The maximum absolute atomic E-state index is 13.4. The zero-order valence-corrected chi connectivity index (χ0v) is 11.4. The summed E-state index contributed by atoms with van der Waals surface area (Å²) in [6.45, 7) is 0.106. The fourth-order valence-electron chi connectivity index (χ4n) is 1.92. The summed E-state index contributed by atoms with van der Waals surface area (Å²) in [6, 6.07) is 3.99. The summed E-state index contributed by atoms with van der Waals surface area (Å²) < 4.78 is 17.9. The monoisotopic (exact) mass is 291 g/mol. The van der Waals surface area contributed by atoms with Crippen LogP contribution in [-0.2, 0) is 9.53 Å². The molecule has 1 heterocycles. The van der Waals surface area contributed by atoms with Gasteiger partial charge in [-0.3, -0.25) is 14.6 Å². The normalized spacial score (nSPS) is 10.4. The molecule has 1 aromatic heterocycles. The van der Waals surface area contributed by atoms with E-state index in [9.17, 15) is 14.0 Å². The second kappa shape index (κ2) is 6.17. The van der Waals surface area contributed by atoms with Crippen molar-refractivity contribution in [3.05, 3.63) is 35.9 Å². The van der Waals surface area contributed by atoms with Gasteiger partial charge in [0.15, 0.2) is 0 Å². The van der Waals surface area contributed by atoms with Gasteiger partial charge in [-0.2, -0.15) is 0 Å². The fourth-order valence-corrected chi connectivity index (χ4v) is 1.92. The summed E-state index contributed by atoms with van der Waals surface area (Å²) in [4.78, 5) is 27.0. The first-order valence-corrected chi connectivity index (χ1v) is 6.21. The number of esters is 1. The number of aromatic nitrogens is 1. The van der Waals surface area contributed by atoms with E-state index in [1.54, 1.807) is 6.07 Å². The number of nitrogen functional groups attached to an aromatic ring is 1. The molecule has 0 aliphatic carbocycles. The van der Waals surface area contributed by atoms with Crippen LogP contribution in [0.3, 0.4) is 0 Å². The molecule has 2 aromatic rings. The van der Waals surface area contributed by atoms with Crippen LogP contribution >= 0.6 is 0 Å². The molecule has 6 nitrogen and oxygen atoms in total. The average molecular weight is 291 g/mol. The van der Waals surface area contributed by atoms with Crippen molar-refractivity contribution in [3.63, 3.8) is 0 Å². The van der Waals surface area contributed by atoms with E-state index in [0.717, 1.165) is 0 Å². The number of fused-ring (bicyclic) bond motifs is 1. The number of carbonyl (C=O) groups is 2. The van der Waals surface area contributed by atoms with Crippen molar-refractivity contribution in [1.29, 1.82) is 0 Å². The highest BCUT2D eigenvalue weighted by atomic mass is 19.1. The van der Waals surface area contributed by atoms with Crippen LogP contribution in [0.25, 0.3) is 10.8 Å². The number of hydrogen-bond donors (Lipinski definition) is 2. The smallest absolute Gasteiger partial charge is 0.307 e. The highest BCUT2D eigenvalue weighted by molar-refractivity contribution is 6.08. The standard InChI is InChI=1S/C14H14FN3O3/c1-21-12(19)3-5-18-14(20)13-10-6-8(15)7-11(16)9(10)2-4-17-13/h2,4,6-7H,3,5,16H2,1H3,(H,18,20). The van der Waals surface area contributed by atoms with E-state index >= 15 is 0 Å². The minimum atomic E-state index is -0.545. The average Bonchev–Trinajstić information content (AvgIpc) is 2.46. The van der Waals surface area contributed by atoms with Gasteiger partial charge in [-0.15, -0.1) is 0 Å². The van der Waals surface area contributed by atoms with Crippen molar-refractivity contribution < 1.29 is 18.7 Å². The molecule has 0 aliphatic rings. The summed E-state index contributed by atoms with van der Waals surface area (Å²) in [5.41, 5.74) is 6.01. The van der Waals surface area contributed by atoms with Gasteiger partial charge in [-0.25, -0.2) is 4.39 Å². The van der Waals surface area contributed by atoms with Gasteiger partial charge in [-0.1, -0.05) is 0 Å². The van der Waals surface area contributed by atoms with Crippen LogP contribution in [0.15, 0.2) is 24.4 Å². The molecule has 0 saturated heterocycles. The molecule has 21 heavy (non-hydrogen) atoms. The molecular formula is C14H14FN3O3. The molecule has 0 fully saturated rings. The molecule has 3 N–H and O–H groups in total. The summed E-state index contributed by atoms with van der Waals surface area (Å²) in [5.74, 6) is -1.48. The van der Waals surface area contributed by atoms with Crippen molar-refractivity contribution in [3.8, 4) is 0 Å². The number of carbonyl (C=O) groups excluding carboxylic acids is 2. The lowest BCUT2D eigenvalue weighted by Gasteiger charge is -2.08. The summed E-state index contributed by atoms with van der Waals surface area (Å²) in [5, 5.41) is 3.40. The maximum Gasteiger partial charge on any atom is 0.307 e. The number of pyridine rings is 1. The lowest BCUT2D eigenvalue weighted by molar-refractivity contribution is -0.140. The lowest BCUT2D eigenvalue weighted by atomic mass is 10.1.